The van der Waals surface area contributed by atoms with Crippen LogP contribution in [0.15, 0.2) is 11.4 Å². The van der Waals surface area contributed by atoms with E-state index >= 15 is 0 Å². The van der Waals surface area contributed by atoms with E-state index in [0.29, 0.717) is 0 Å². The summed E-state index contributed by atoms with van der Waals surface area (Å²) < 4.78 is 138. The van der Waals surface area contributed by atoms with Crippen molar-refractivity contribution in [2.45, 2.75) is 43.0 Å². The predicted octanol–water partition coefficient (Wildman–Crippen LogP) is 4.81. The van der Waals surface area contributed by atoms with E-state index in [4.69, 9.17) is 0 Å². The van der Waals surface area contributed by atoms with E-state index in [0.717, 1.165) is 0 Å². The molecule has 0 saturated heterocycles. The van der Waals surface area contributed by atoms with Gasteiger partial charge in [0.25, 0.3) is 0 Å². The van der Waals surface area contributed by atoms with Gasteiger partial charge in [0, 0.05) is 12.0 Å². The van der Waals surface area contributed by atoms with Crippen molar-refractivity contribution < 1.29 is 48.3 Å². The van der Waals surface area contributed by atoms with Gasteiger partial charge in [0.2, 0.25) is 0 Å². The molecule has 11 heteroatoms. The van der Waals surface area contributed by atoms with E-state index < -0.39 is 54.4 Å². The molecule has 0 nitrogen and oxygen atoms in total. The maximum atomic E-state index is 13.1. The third-order valence-electron chi connectivity index (χ3n) is 2.76. The molecule has 0 radical (unpaired) electrons. The zero-order valence-corrected chi connectivity index (χ0v) is 9.15. The molecule has 0 aromatic rings. The highest BCUT2D eigenvalue weighted by Gasteiger charge is 2.71. The molecule has 0 atom stereocenters. The van der Waals surface area contributed by atoms with E-state index in [9.17, 15) is 48.3 Å². The number of hydrogen-bond acceptors (Lipinski definition) is 0. The molecule has 0 heterocycles. The summed E-state index contributed by atoms with van der Waals surface area (Å²) in [5.41, 5.74) is -2.59. The van der Waals surface area contributed by atoms with Gasteiger partial charge in [0.15, 0.2) is 5.83 Å². The van der Waals surface area contributed by atoms with Crippen LogP contribution >= 0.6 is 0 Å². The van der Waals surface area contributed by atoms with Gasteiger partial charge in [-0.05, 0) is 6.42 Å². The number of halogens is 11. The van der Waals surface area contributed by atoms with Crippen LogP contribution in [0.1, 0.15) is 12.8 Å². The molecule has 118 valence electrons. The topological polar surface area (TPSA) is 0 Å². The third-order valence-corrected chi connectivity index (χ3v) is 2.76. The smallest absolute Gasteiger partial charge is 0.205 e. The predicted molar refractivity (Wildman–Crippen MR) is 43.2 cm³/mol. The highest BCUT2D eigenvalue weighted by atomic mass is 19.3. The Morgan fingerprint density at radius 3 is 1.75 bits per heavy atom. The summed E-state index contributed by atoms with van der Waals surface area (Å²) in [4.78, 5) is 0. The van der Waals surface area contributed by atoms with E-state index in [-0.39, 0.29) is 0 Å². The minimum absolute atomic E-state index is 1.65. The van der Waals surface area contributed by atoms with E-state index in [2.05, 4.69) is 0 Å². The van der Waals surface area contributed by atoms with Crippen LogP contribution in [0, 0.1) is 0 Å². The average molecular weight is 322 g/mol. The second-order valence-corrected chi connectivity index (χ2v) is 4.07. The number of alkyl halides is 10. The Balaban J connectivity index is 3.37. The molecule has 20 heavy (non-hydrogen) atoms. The van der Waals surface area contributed by atoms with E-state index in [1.54, 1.807) is 0 Å². The summed E-state index contributed by atoms with van der Waals surface area (Å²) in [5.74, 6) is -26.6. The van der Waals surface area contributed by atoms with Crippen molar-refractivity contribution in [3.63, 3.8) is 0 Å². The van der Waals surface area contributed by atoms with E-state index in [1.165, 1.54) is 0 Å². The maximum Gasteiger partial charge on any atom is 0.375 e. The molecule has 1 aliphatic rings. The summed E-state index contributed by atoms with van der Waals surface area (Å²) >= 11 is 0. The summed E-state index contributed by atoms with van der Waals surface area (Å²) in [7, 11) is 0. The first kappa shape index (κ1) is 17.0. The fraction of sp³-hybridized carbons (Fsp3) is 0.778. The second-order valence-electron chi connectivity index (χ2n) is 4.07. The average Bonchev–Trinajstić information content (AvgIpc) is 2.47. The molecule has 0 aromatic carbocycles. The minimum atomic E-state index is -6.32. The lowest BCUT2D eigenvalue weighted by molar-refractivity contribution is -0.254. The standard InChI is InChI=1S/C9H5F11/c10-4(8(17,18)9(19,20)5(11)12)3-1-2-6(13,14)7(3,15)16/h5H,1-2H2. The zero-order valence-electron chi connectivity index (χ0n) is 9.15. The van der Waals surface area contributed by atoms with Gasteiger partial charge in [-0.25, -0.2) is 13.2 Å². The van der Waals surface area contributed by atoms with Crippen LogP contribution in [0.4, 0.5) is 48.3 Å². The fourth-order valence-electron chi connectivity index (χ4n) is 1.54. The largest absolute Gasteiger partial charge is 0.375 e. The Morgan fingerprint density at radius 2 is 1.45 bits per heavy atom. The number of hydrogen-bond donors (Lipinski definition) is 0. The molecular formula is C9H5F11. The van der Waals surface area contributed by atoms with Gasteiger partial charge in [-0.15, -0.1) is 0 Å². The summed E-state index contributed by atoms with van der Waals surface area (Å²) in [6.45, 7) is 0. The van der Waals surface area contributed by atoms with Gasteiger partial charge in [-0.3, -0.25) is 0 Å². The molecule has 0 bridgehead atoms. The van der Waals surface area contributed by atoms with Crippen molar-refractivity contribution in [2.75, 3.05) is 0 Å². The lowest BCUT2D eigenvalue weighted by Gasteiger charge is -2.27. The molecule has 1 rings (SSSR count). The first-order valence-electron chi connectivity index (χ1n) is 4.88. The highest BCUT2D eigenvalue weighted by Crippen LogP contribution is 2.55. The van der Waals surface area contributed by atoms with Crippen molar-refractivity contribution in [3.05, 3.63) is 11.4 Å². The Kier molecular flexibility index (Phi) is 3.82. The summed E-state index contributed by atoms with van der Waals surface area (Å²) in [6.07, 6.45) is -8.49. The van der Waals surface area contributed by atoms with Crippen LogP contribution in [-0.4, -0.2) is 30.1 Å². The van der Waals surface area contributed by atoms with Crippen LogP contribution in [0.5, 0.6) is 0 Å². The maximum absolute atomic E-state index is 13.1. The fourth-order valence-corrected chi connectivity index (χ4v) is 1.54. The molecule has 0 spiro atoms. The zero-order chi connectivity index (χ0) is 16.1. The molecule has 1 fully saturated rings. The quantitative estimate of drug-likeness (QED) is 0.654. The Labute approximate surface area is 104 Å². The molecule has 1 aliphatic carbocycles. The lowest BCUT2D eigenvalue weighted by atomic mass is 10.0. The monoisotopic (exact) mass is 322 g/mol. The van der Waals surface area contributed by atoms with Crippen molar-refractivity contribution >= 4 is 0 Å². The Hall–Kier alpha value is -1.03. The van der Waals surface area contributed by atoms with Crippen LogP contribution in [0.25, 0.3) is 0 Å². The highest BCUT2D eigenvalue weighted by molar-refractivity contribution is 5.31. The van der Waals surface area contributed by atoms with Gasteiger partial charge in [-0.1, -0.05) is 0 Å². The summed E-state index contributed by atoms with van der Waals surface area (Å²) in [5, 5.41) is 0. The first-order valence-corrected chi connectivity index (χ1v) is 4.88. The van der Waals surface area contributed by atoms with Gasteiger partial charge in [0.1, 0.15) is 0 Å². The van der Waals surface area contributed by atoms with Crippen LogP contribution in [0.2, 0.25) is 0 Å². The Morgan fingerprint density at radius 1 is 1.00 bits per heavy atom. The molecule has 0 unspecified atom stereocenters. The number of rotatable bonds is 3. The normalized spacial score (nSPS) is 25.2. The SMILES string of the molecule is FC(=C1CCC(F)(F)C1(F)F)C(F)(F)C(F)(F)C(F)F. The third kappa shape index (κ3) is 2.14. The van der Waals surface area contributed by atoms with Crippen LogP contribution < -0.4 is 0 Å². The molecule has 0 N–H and O–H groups in total. The first-order chi connectivity index (χ1) is 8.69. The molecule has 0 amide bonds. The van der Waals surface area contributed by atoms with Crippen molar-refractivity contribution in [2.24, 2.45) is 0 Å². The van der Waals surface area contributed by atoms with Crippen molar-refractivity contribution in [3.8, 4) is 0 Å². The minimum Gasteiger partial charge on any atom is -0.205 e. The number of allylic oxidation sites excluding steroid dienone is 2. The lowest BCUT2D eigenvalue weighted by Crippen LogP contribution is -2.48. The molecule has 0 aromatic heterocycles. The van der Waals surface area contributed by atoms with Gasteiger partial charge in [-0.2, -0.15) is 35.1 Å². The van der Waals surface area contributed by atoms with Crippen LogP contribution in [-0.2, 0) is 0 Å². The molecular weight excluding hydrogens is 317 g/mol. The Bertz CT molecular complexity index is 420. The second kappa shape index (κ2) is 4.48. The van der Waals surface area contributed by atoms with Gasteiger partial charge in [0.05, 0.1) is 0 Å². The van der Waals surface area contributed by atoms with Gasteiger partial charge < -0.3 is 0 Å². The molecule has 1 saturated carbocycles. The molecule has 0 aliphatic heterocycles. The summed E-state index contributed by atoms with van der Waals surface area (Å²) in [6, 6.07) is 0. The van der Waals surface area contributed by atoms with E-state index in [1.807, 2.05) is 0 Å². The van der Waals surface area contributed by atoms with Crippen LogP contribution in [0.3, 0.4) is 0 Å². The van der Waals surface area contributed by atoms with Crippen molar-refractivity contribution in [1.29, 1.82) is 0 Å². The van der Waals surface area contributed by atoms with Crippen molar-refractivity contribution in [1.82, 2.24) is 0 Å². The van der Waals surface area contributed by atoms with Gasteiger partial charge >= 0.3 is 30.1 Å².